The van der Waals surface area contributed by atoms with E-state index in [0.717, 1.165) is 56.3 Å². The molecule has 1 heterocycles. The molecule has 3 nitrogen and oxygen atoms in total. The molecule has 0 atom stereocenters. The minimum absolute atomic E-state index is 0.696. The van der Waals surface area contributed by atoms with Gasteiger partial charge in [-0.1, -0.05) is 158 Å². The Morgan fingerprint density at radius 1 is 0.562 bits per heavy atom. The van der Waals surface area contributed by atoms with E-state index in [9.17, 15) is 0 Å². The molecule has 0 aliphatic rings. The SMILES string of the molecule is C=C(/C=C\C(=C/C)c1ccc(-c2nc(-c3ccccc3)cc(-c3ccccc3)n2)cc1)N(c1ccccc1)c1cccc2ccccc12. The van der Waals surface area contributed by atoms with Crippen molar-refractivity contribution in [3.63, 3.8) is 0 Å². The standard InChI is InChI=1S/C45H35N3/c1-3-34(27-26-33(2)48(40-22-11-6-12-23-40)44-25-15-21-36-16-13-14-24-41(36)44)35-28-30-39(31-29-35)45-46-42(37-17-7-4-8-18-37)32-43(47-45)38-19-9-5-10-20-38/h3-32H,2H2,1H3/b27-26-,34-3+. The maximum atomic E-state index is 5.00. The normalized spacial score (nSPS) is 11.6. The number of rotatable bonds is 9. The first-order chi connectivity index (χ1) is 23.7. The molecule has 0 unspecified atom stereocenters. The minimum Gasteiger partial charge on any atom is -0.310 e. The van der Waals surface area contributed by atoms with Gasteiger partial charge >= 0.3 is 0 Å². The number of para-hydroxylation sites is 1. The van der Waals surface area contributed by atoms with Gasteiger partial charge in [0.05, 0.1) is 17.1 Å². The first-order valence-corrected chi connectivity index (χ1v) is 16.1. The second-order valence-corrected chi connectivity index (χ2v) is 11.5. The largest absolute Gasteiger partial charge is 0.310 e. The zero-order chi connectivity index (χ0) is 32.7. The molecule has 0 bridgehead atoms. The quantitative estimate of drug-likeness (QED) is 0.151. The van der Waals surface area contributed by atoms with Crippen molar-refractivity contribution in [3.8, 4) is 33.9 Å². The van der Waals surface area contributed by atoms with Crippen LogP contribution in [0.25, 0.3) is 50.2 Å². The molecule has 3 heteroatoms. The fourth-order valence-electron chi connectivity index (χ4n) is 5.96. The lowest BCUT2D eigenvalue weighted by molar-refractivity contribution is 1.18. The fraction of sp³-hybridized carbons (Fsp3) is 0.0222. The molecule has 7 aromatic rings. The van der Waals surface area contributed by atoms with Crippen molar-refractivity contribution >= 4 is 27.7 Å². The van der Waals surface area contributed by atoms with Gasteiger partial charge in [-0.3, -0.25) is 0 Å². The highest BCUT2D eigenvalue weighted by atomic mass is 15.1. The summed E-state index contributed by atoms with van der Waals surface area (Å²) in [6.07, 6.45) is 6.36. The summed E-state index contributed by atoms with van der Waals surface area (Å²) in [5.41, 5.74) is 10.1. The predicted molar refractivity (Wildman–Crippen MR) is 203 cm³/mol. The van der Waals surface area contributed by atoms with Crippen LogP contribution in [0.2, 0.25) is 0 Å². The van der Waals surface area contributed by atoms with E-state index in [-0.39, 0.29) is 0 Å². The Bertz CT molecular complexity index is 2170. The zero-order valence-corrected chi connectivity index (χ0v) is 26.9. The third-order valence-corrected chi connectivity index (χ3v) is 8.42. The van der Waals surface area contributed by atoms with E-state index in [2.05, 4.69) is 158 Å². The Hall–Kier alpha value is -6.32. The van der Waals surface area contributed by atoms with Crippen molar-refractivity contribution in [1.82, 2.24) is 9.97 Å². The molecule has 0 aliphatic carbocycles. The molecular weight excluding hydrogens is 583 g/mol. The molecule has 6 aromatic carbocycles. The number of allylic oxidation sites excluding steroid dienone is 4. The monoisotopic (exact) mass is 617 g/mol. The number of hydrogen-bond acceptors (Lipinski definition) is 3. The van der Waals surface area contributed by atoms with Crippen molar-refractivity contribution in [1.29, 1.82) is 0 Å². The number of nitrogens with zero attached hydrogens (tertiary/aromatic N) is 3. The summed E-state index contributed by atoms with van der Waals surface area (Å²) in [5, 5.41) is 2.37. The van der Waals surface area contributed by atoms with Gasteiger partial charge in [-0.2, -0.15) is 0 Å². The van der Waals surface area contributed by atoms with E-state index >= 15 is 0 Å². The Balaban J connectivity index is 1.19. The van der Waals surface area contributed by atoms with Crippen LogP contribution >= 0.6 is 0 Å². The van der Waals surface area contributed by atoms with Crippen LogP contribution in [0.1, 0.15) is 12.5 Å². The minimum atomic E-state index is 0.696. The second kappa shape index (κ2) is 14.0. The van der Waals surface area contributed by atoms with Crippen molar-refractivity contribution < 1.29 is 0 Å². The van der Waals surface area contributed by atoms with E-state index in [1.165, 1.54) is 10.8 Å². The molecule has 0 N–H and O–H groups in total. The van der Waals surface area contributed by atoms with Crippen LogP contribution in [-0.4, -0.2) is 9.97 Å². The van der Waals surface area contributed by atoms with Crippen molar-refractivity contribution in [2.45, 2.75) is 6.92 Å². The maximum Gasteiger partial charge on any atom is 0.160 e. The molecule has 0 aliphatic heterocycles. The van der Waals surface area contributed by atoms with E-state index in [1.54, 1.807) is 0 Å². The molecule has 0 fully saturated rings. The highest BCUT2D eigenvalue weighted by Gasteiger charge is 2.15. The Morgan fingerprint density at radius 2 is 1.12 bits per heavy atom. The van der Waals surface area contributed by atoms with Crippen LogP contribution in [0.15, 0.2) is 194 Å². The number of hydrogen-bond donors (Lipinski definition) is 0. The molecule has 7 rings (SSSR count). The summed E-state index contributed by atoms with van der Waals surface area (Å²) >= 11 is 0. The first-order valence-electron chi connectivity index (χ1n) is 16.1. The van der Waals surface area contributed by atoms with Crippen LogP contribution in [-0.2, 0) is 0 Å². The van der Waals surface area contributed by atoms with Crippen molar-refractivity contribution in [2.75, 3.05) is 4.90 Å². The zero-order valence-electron chi connectivity index (χ0n) is 26.9. The van der Waals surface area contributed by atoms with Gasteiger partial charge in [0, 0.05) is 33.5 Å². The number of benzene rings is 6. The molecule has 0 spiro atoms. The molecule has 48 heavy (non-hydrogen) atoms. The summed E-state index contributed by atoms with van der Waals surface area (Å²) in [6, 6.07) is 56.4. The average molecular weight is 618 g/mol. The lowest BCUT2D eigenvalue weighted by Crippen LogP contribution is -2.14. The van der Waals surface area contributed by atoms with E-state index in [1.807, 2.05) is 42.5 Å². The first kappa shape index (κ1) is 30.3. The van der Waals surface area contributed by atoms with Crippen LogP contribution in [0, 0.1) is 0 Å². The molecule has 0 radical (unpaired) electrons. The lowest BCUT2D eigenvalue weighted by atomic mass is 10.0. The van der Waals surface area contributed by atoms with E-state index < -0.39 is 0 Å². The number of aromatic nitrogens is 2. The van der Waals surface area contributed by atoms with Crippen LogP contribution in [0.5, 0.6) is 0 Å². The van der Waals surface area contributed by atoms with Gasteiger partial charge in [0.25, 0.3) is 0 Å². The van der Waals surface area contributed by atoms with Gasteiger partial charge < -0.3 is 4.90 Å². The molecular formula is C45H35N3. The third-order valence-electron chi connectivity index (χ3n) is 8.42. The molecule has 230 valence electrons. The van der Waals surface area contributed by atoms with Crippen LogP contribution < -0.4 is 4.90 Å². The molecule has 0 saturated carbocycles. The number of anilines is 2. The highest BCUT2D eigenvalue weighted by Crippen LogP contribution is 2.36. The van der Waals surface area contributed by atoms with Crippen molar-refractivity contribution in [3.05, 3.63) is 200 Å². The summed E-state index contributed by atoms with van der Waals surface area (Å²) in [5.74, 6) is 0.696. The van der Waals surface area contributed by atoms with Gasteiger partial charge in [-0.05, 0) is 53.8 Å². The summed E-state index contributed by atoms with van der Waals surface area (Å²) < 4.78 is 0. The Kier molecular flexibility index (Phi) is 8.84. The lowest BCUT2D eigenvalue weighted by Gasteiger charge is -2.27. The van der Waals surface area contributed by atoms with E-state index in [0.29, 0.717) is 5.82 Å². The molecule has 0 saturated heterocycles. The van der Waals surface area contributed by atoms with Gasteiger partial charge in [0.2, 0.25) is 0 Å². The Morgan fingerprint density at radius 3 is 1.75 bits per heavy atom. The summed E-state index contributed by atoms with van der Waals surface area (Å²) in [4.78, 5) is 12.2. The predicted octanol–water partition coefficient (Wildman–Crippen LogP) is 11.9. The molecule has 0 amide bonds. The van der Waals surface area contributed by atoms with Crippen molar-refractivity contribution in [2.24, 2.45) is 0 Å². The smallest absolute Gasteiger partial charge is 0.160 e. The number of fused-ring (bicyclic) bond motifs is 1. The van der Waals surface area contributed by atoms with Gasteiger partial charge in [-0.25, -0.2) is 9.97 Å². The van der Waals surface area contributed by atoms with Crippen LogP contribution in [0.3, 0.4) is 0 Å². The fourth-order valence-corrected chi connectivity index (χ4v) is 5.96. The van der Waals surface area contributed by atoms with Gasteiger partial charge in [-0.15, -0.1) is 0 Å². The highest BCUT2D eigenvalue weighted by molar-refractivity contribution is 5.97. The molecule has 1 aromatic heterocycles. The van der Waals surface area contributed by atoms with Gasteiger partial charge in [0.1, 0.15) is 0 Å². The topological polar surface area (TPSA) is 29.0 Å². The maximum absolute atomic E-state index is 5.00. The van der Waals surface area contributed by atoms with Crippen LogP contribution in [0.4, 0.5) is 11.4 Å². The van der Waals surface area contributed by atoms with E-state index in [4.69, 9.17) is 9.97 Å². The van der Waals surface area contributed by atoms with Gasteiger partial charge in [0.15, 0.2) is 5.82 Å². The third kappa shape index (κ3) is 6.48. The second-order valence-electron chi connectivity index (χ2n) is 11.5. The Labute approximate surface area is 282 Å². The summed E-state index contributed by atoms with van der Waals surface area (Å²) in [7, 11) is 0. The average Bonchev–Trinajstić information content (AvgIpc) is 3.16. The summed E-state index contributed by atoms with van der Waals surface area (Å²) in [6.45, 7) is 6.59.